The number of benzene rings is 1. The second-order valence-corrected chi connectivity index (χ2v) is 5.62. The summed E-state index contributed by atoms with van der Waals surface area (Å²) in [6.07, 6.45) is 1.67. The average molecular weight is 282 g/mol. The molecule has 0 saturated carbocycles. The Bertz CT molecular complexity index is 433. The fraction of sp³-hybridized carbons (Fsp3) is 0.562. The lowest BCUT2D eigenvalue weighted by atomic mass is 9.93. The smallest absolute Gasteiger partial charge is 0.252 e. The Morgan fingerprint density at radius 3 is 2.00 bits per heavy atom. The van der Waals surface area contributed by atoms with E-state index in [-0.39, 0.29) is 11.4 Å². The van der Waals surface area contributed by atoms with Crippen LogP contribution >= 0.6 is 11.6 Å². The van der Waals surface area contributed by atoms with Gasteiger partial charge < -0.3 is 5.32 Å². The maximum atomic E-state index is 12.5. The molecule has 0 spiro atoms. The minimum absolute atomic E-state index is 0.0145. The van der Waals surface area contributed by atoms with Crippen LogP contribution in [0.1, 0.15) is 53.7 Å². The second-order valence-electron chi connectivity index (χ2n) is 5.35. The molecule has 3 heteroatoms. The molecule has 1 amide bonds. The highest BCUT2D eigenvalue weighted by Crippen LogP contribution is 2.21. The van der Waals surface area contributed by atoms with E-state index in [9.17, 15) is 4.79 Å². The van der Waals surface area contributed by atoms with Crippen LogP contribution < -0.4 is 5.32 Å². The summed E-state index contributed by atoms with van der Waals surface area (Å²) >= 11 is 6.05. The first-order valence-corrected chi connectivity index (χ1v) is 7.39. The second kappa shape index (κ2) is 6.42. The number of rotatable bonds is 5. The number of aryl methyl sites for hydroxylation is 3. The van der Waals surface area contributed by atoms with Crippen molar-refractivity contribution in [3.8, 4) is 0 Å². The third-order valence-corrected chi connectivity index (χ3v) is 4.40. The van der Waals surface area contributed by atoms with Crippen molar-refractivity contribution >= 4 is 17.5 Å². The molecule has 0 aromatic heterocycles. The van der Waals surface area contributed by atoms with Crippen molar-refractivity contribution in [3.63, 3.8) is 0 Å². The van der Waals surface area contributed by atoms with Gasteiger partial charge in [-0.05, 0) is 44.7 Å². The number of hydrogen-bond donors (Lipinski definition) is 1. The first kappa shape index (κ1) is 16.0. The number of amides is 1. The predicted molar refractivity (Wildman–Crippen MR) is 82.2 cm³/mol. The fourth-order valence-corrected chi connectivity index (χ4v) is 2.94. The number of carbonyl (C=O) groups is 1. The van der Waals surface area contributed by atoms with Gasteiger partial charge in [0.1, 0.15) is 0 Å². The molecule has 0 aliphatic rings. The van der Waals surface area contributed by atoms with Crippen molar-refractivity contribution in [3.05, 3.63) is 34.4 Å². The van der Waals surface area contributed by atoms with E-state index in [0.717, 1.165) is 29.5 Å². The Hall–Kier alpha value is -1.02. The molecule has 0 heterocycles. The number of nitrogens with one attached hydrogen (secondary N) is 1. The largest absolute Gasteiger partial charge is 0.345 e. The number of hydrogen-bond acceptors (Lipinski definition) is 1. The summed E-state index contributed by atoms with van der Waals surface area (Å²) < 4.78 is 0. The van der Waals surface area contributed by atoms with Gasteiger partial charge in [-0.3, -0.25) is 4.79 Å². The third kappa shape index (κ3) is 3.50. The molecule has 0 aliphatic heterocycles. The van der Waals surface area contributed by atoms with E-state index >= 15 is 0 Å². The van der Waals surface area contributed by atoms with Crippen LogP contribution in [0, 0.1) is 20.8 Å². The Morgan fingerprint density at radius 2 is 1.63 bits per heavy atom. The molecule has 106 valence electrons. The SMILES string of the molecule is CCC(CC)(CCl)NC(=O)c1c(C)cc(C)cc1C. The summed E-state index contributed by atoms with van der Waals surface area (Å²) in [4.78, 5) is 12.5. The summed E-state index contributed by atoms with van der Waals surface area (Å²) in [7, 11) is 0. The number of carbonyl (C=O) groups excluding carboxylic acids is 1. The van der Waals surface area contributed by atoms with E-state index in [1.165, 1.54) is 5.56 Å². The summed E-state index contributed by atoms with van der Waals surface area (Å²) in [6, 6.07) is 4.09. The van der Waals surface area contributed by atoms with Crippen LogP contribution in [-0.4, -0.2) is 17.3 Å². The van der Waals surface area contributed by atoms with Gasteiger partial charge in [0.2, 0.25) is 0 Å². The zero-order valence-corrected chi connectivity index (χ0v) is 13.3. The van der Waals surface area contributed by atoms with Crippen molar-refractivity contribution in [1.29, 1.82) is 0 Å². The van der Waals surface area contributed by atoms with E-state index in [2.05, 4.69) is 19.2 Å². The van der Waals surface area contributed by atoms with Gasteiger partial charge in [-0.1, -0.05) is 31.5 Å². The molecular weight excluding hydrogens is 258 g/mol. The predicted octanol–water partition coefficient (Wildman–Crippen LogP) is 4.14. The van der Waals surface area contributed by atoms with Crippen LogP contribution in [0.25, 0.3) is 0 Å². The van der Waals surface area contributed by atoms with Crippen LogP contribution in [0.4, 0.5) is 0 Å². The molecule has 1 aromatic rings. The van der Waals surface area contributed by atoms with Gasteiger partial charge in [0, 0.05) is 11.4 Å². The van der Waals surface area contributed by atoms with Crippen LogP contribution in [0.15, 0.2) is 12.1 Å². The summed E-state index contributed by atoms with van der Waals surface area (Å²) in [6.45, 7) is 10.1. The average Bonchev–Trinajstić information content (AvgIpc) is 2.35. The van der Waals surface area contributed by atoms with Crippen molar-refractivity contribution in [1.82, 2.24) is 5.32 Å². The highest BCUT2D eigenvalue weighted by atomic mass is 35.5. The van der Waals surface area contributed by atoms with Crippen LogP contribution in [0.3, 0.4) is 0 Å². The summed E-state index contributed by atoms with van der Waals surface area (Å²) in [5.41, 5.74) is 3.70. The Morgan fingerprint density at radius 1 is 1.16 bits per heavy atom. The lowest BCUT2D eigenvalue weighted by Crippen LogP contribution is -2.49. The van der Waals surface area contributed by atoms with Crippen LogP contribution in [0.2, 0.25) is 0 Å². The number of alkyl halides is 1. The van der Waals surface area contributed by atoms with Gasteiger partial charge in [0.25, 0.3) is 5.91 Å². The van der Waals surface area contributed by atoms with Crippen LogP contribution in [0.5, 0.6) is 0 Å². The molecule has 0 saturated heterocycles. The first-order valence-electron chi connectivity index (χ1n) is 6.85. The molecule has 0 aliphatic carbocycles. The van der Waals surface area contributed by atoms with Crippen molar-refractivity contribution in [2.24, 2.45) is 0 Å². The van der Waals surface area contributed by atoms with Gasteiger partial charge in [0.05, 0.1) is 5.54 Å². The topological polar surface area (TPSA) is 29.1 Å². The Labute approximate surface area is 121 Å². The molecule has 0 radical (unpaired) electrons. The normalized spacial score (nSPS) is 11.5. The molecule has 0 unspecified atom stereocenters. The van der Waals surface area contributed by atoms with Gasteiger partial charge in [-0.15, -0.1) is 11.6 Å². The van der Waals surface area contributed by atoms with Gasteiger partial charge in [-0.25, -0.2) is 0 Å². The quantitative estimate of drug-likeness (QED) is 0.808. The molecule has 0 atom stereocenters. The fourth-order valence-electron chi connectivity index (χ4n) is 2.49. The van der Waals surface area contributed by atoms with Gasteiger partial charge in [-0.2, -0.15) is 0 Å². The molecule has 0 fully saturated rings. The summed E-state index contributed by atoms with van der Waals surface area (Å²) in [5.74, 6) is 0.426. The molecule has 1 rings (SSSR count). The summed E-state index contributed by atoms with van der Waals surface area (Å²) in [5, 5.41) is 3.13. The Kier molecular flexibility index (Phi) is 5.42. The van der Waals surface area contributed by atoms with Crippen molar-refractivity contribution in [2.45, 2.75) is 53.0 Å². The van der Waals surface area contributed by atoms with E-state index in [4.69, 9.17) is 11.6 Å². The molecule has 1 aromatic carbocycles. The van der Waals surface area contributed by atoms with Crippen molar-refractivity contribution in [2.75, 3.05) is 5.88 Å². The standard InChI is InChI=1S/C16H24ClNO/c1-6-16(7-2,10-17)18-15(19)14-12(4)8-11(3)9-13(14)5/h8-9H,6-7,10H2,1-5H3,(H,18,19). The number of halogens is 1. The minimum atomic E-state index is -0.303. The van der Waals surface area contributed by atoms with Gasteiger partial charge in [0.15, 0.2) is 0 Å². The van der Waals surface area contributed by atoms with E-state index in [0.29, 0.717) is 5.88 Å². The van der Waals surface area contributed by atoms with E-state index < -0.39 is 0 Å². The Balaban J connectivity index is 3.08. The molecule has 19 heavy (non-hydrogen) atoms. The molecule has 2 nitrogen and oxygen atoms in total. The monoisotopic (exact) mass is 281 g/mol. The first-order chi connectivity index (χ1) is 8.89. The molecule has 1 N–H and O–H groups in total. The lowest BCUT2D eigenvalue weighted by molar-refractivity contribution is 0.0901. The van der Waals surface area contributed by atoms with Crippen LogP contribution in [-0.2, 0) is 0 Å². The lowest BCUT2D eigenvalue weighted by Gasteiger charge is -2.31. The molecule has 0 bridgehead atoms. The highest BCUT2D eigenvalue weighted by molar-refractivity contribution is 6.19. The van der Waals surface area contributed by atoms with E-state index in [1.807, 2.05) is 32.9 Å². The zero-order valence-electron chi connectivity index (χ0n) is 12.6. The third-order valence-electron chi connectivity index (χ3n) is 3.89. The van der Waals surface area contributed by atoms with Crippen molar-refractivity contribution < 1.29 is 4.79 Å². The zero-order chi connectivity index (χ0) is 14.6. The minimum Gasteiger partial charge on any atom is -0.345 e. The maximum absolute atomic E-state index is 12.5. The van der Waals surface area contributed by atoms with E-state index in [1.54, 1.807) is 0 Å². The highest BCUT2D eigenvalue weighted by Gasteiger charge is 2.28. The van der Waals surface area contributed by atoms with Gasteiger partial charge >= 0.3 is 0 Å². The molecular formula is C16H24ClNO. The maximum Gasteiger partial charge on any atom is 0.252 e.